The Kier molecular flexibility index (Phi) is 4.98. The lowest BCUT2D eigenvalue weighted by atomic mass is 10.4. The van der Waals surface area contributed by atoms with Crippen LogP contribution in [0.5, 0.6) is 0 Å². The van der Waals surface area contributed by atoms with Crippen LogP contribution in [0, 0.1) is 0 Å². The molecule has 2 aromatic heterocycles. The highest BCUT2D eigenvalue weighted by Crippen LogP contribution is 2.21. The molecule has 114 valence electrons. The zero-order valence-electron chi connectivity index (χ0n) is 12.2. The van der Waals surface area contributed by atoms with E-state index in [1.165, 1.54) is 10.9 Å². The largest absolute Gasteiger partial charge is 0.383 e. The van der Waals surface area contributed by atoms with Gasteiger partial charge >= 0.3 is 0 Å². The number of aromatic nitrogens is 4. The average Bonchev–Trinajstić information content (AvgIpc) is 2.92. The highest BCUT2D eigenvalue weighted by molar-refractivity contribution is 6.33. The van der Waals surface area contributed by atoms with Gasteiger partial charge in [-0.2, -0.15) is 10.2 Å². The molecule has 0 aliphatic heterocycles. The Bertz CT molecular complexity index is 665. The van der Waals surface area contributed by atoms with Gasteiger partial charge in [0.25, 0.3) is 5.56 Å². The summed E-state index contributed by atoms with van der Waals surface area (Å²) >= 11 is 6.09. The second kappa shape index (κ2) is 6.73. The molecule has 21 heavy (non-hydrogen) atoms. The molecule has 0 bridgehead atoms. The normalized spacial score (nSPS) is 11.1. The molecular weight excluding hydrogens is 294 g/mol. The Morgan fingerprint density at radius 3 is 2.76 bits per heavy atom. The minimum atomic E-state index is -0.352. The summed E-state index contributed by atoms with van der Waals surface area (Å²) in [5, 5.41) is 11.4. The Labute approximate surface area is 127 Å². The number of methoxy groups -OCH3 is 1. The van der Waals surface area contributed by atoms with Gasteiger partial charge in [0.05, 0.1) is 36.9 Å². The predicted molar refractivity (Wildman–Crippen MR) is 81.3 cm³/mol. The number of nitrogens with one attached hydrogen (secondary N) is 1. The maximum atomic E-state index is 12.1. The van der Waals surface area contributed by atoms with Crippen LogP contribution in [0.4, 0.5) is 11.4 Å². The summed E-state index contributed by atoms with van der Waals surface area (Å²) in [5.41, 5.74) is 0.857. The van der Waals surface area contributed by atoms with Gasteiger partial charge in [-0.1, -0.05) is 11.6 Å². The maximum Gasteiger partial charge on any atom is 0.287 e. The number of anilines is 2. The fraction of sp³-hybridized carbons (Fsp3) is 0.462. The molecule has 1 N–H and O–H groups in total. The van der Waals surface area contributed by atoms with E-state index >= 15 is 0 Å². The van der Waals surface area contributed by atoms with Crippen LogP contribution in [-0.2, 0) is 11.3 Å². The Morgan fingerprint density at radius 2 is 2.14 bits per heavy atom. The second-order valence-electron chi connectivity index (χ2n) is 4.82. The van der Waals surface area contributed by atoms with E-state index in [1.807, 2.05) is 24.7 Å². The van der Waals surface area contributed by atoms with Gasteiger partial charge in [0.15, 0.2) is 0 Å². The van der Waals surface area contributed by atoms with E-state index in [9.17, 15) is 4.79 Å². The minimum Gasteiger partial charge on any atom is -0.383 e. The summed E-state index contributed by atoms with van der Waals surface area (Å²) in [7, 11) is 1.56. The van der Waals surface area contributed by atoms with Crippen molar-refractivity contribution in [1.29, 1.82) is 0 Å². The molecule has 0 spiro atoms. The van der Waals surface area contributed by atoms with Crippen LogP contribution in [0.15, 0.2) is 23.4 Å². The van der Waals surface area contributed by atoms with E-state index in [0.717, 1.165) is 5.69 Å². The third-order valence-electron chi connectivity index (χ3n) is 2.90. The minimum absolute atomic E-state index is 0.0957. The SMILES string of the molecule is COCCn1ncc(Nc2cnn(C(C)C)c2)c(Cl)c1=O. The number of ether oxygens (including phenoxy) is 1. The summed E-state index contributed by atoms with van der Waals surface area (Å²) in [5.74, 6) is 0. The monoisotopic (exact) mass is 311 g/mol. The van der Waals surface area contributed by atoms with E-state index in [-0.39, 0.29) is 16.6 Å². The van der Waals surface area contributed by atoms with Crippen molar-refractivity contribution in [1.82, 2.24) is 19.6 Å². The molecule has 0 aliphatic carbocycles. The molecule has 0 unspecified atom stereocenters. The molecule has 8 heteroatoms. The lowest BCUT2D eigenvalue weighted by Crippen LogP contribution is -2.25. The van der Waals surface area contributed by atoms with Crippen LogP contribution in [0.3, 0.4) is 0 Å². The Morgan fingerprint density at radius 1 is 1.38 bits per heavy atom. The molecule has 0 aliphatic rings. The fourth-order valence-corrected chi connectivity index (χ4v) is 1.92. The molecule has 0 saturated heterocycles. The topological polar surface area (TPSA) is 74.0 Å². The Balaban J connectivity index is 2.20. The zero-order valence-corrected chi connectivity index (χ0v) is 13.0. The summed E-state index contributed by atoms with van der Waals surface area (Å²) < 4.78 is 8.00. The van der Waals surface area contributed by atoms with E-state index in [4.69, 9.17) is 16.3 Å². The first kappa shape index (κ1) is 15.5. The molecule has 0 saturated carbocycles. The van der Waals surface area contributed by atoms with Crippen LogP contribution >= 0.6 is 11.6 Å². The van der Waals surface area contributed by atoms with Gasteiger partial charge < -0.3 is 10.1 Å². The third-order valence-corrected chi connectivity index (χ3v) is 3.27. The quantitative estimate of drug-likeness (QED) is 0.884. The first-order valence-electron chi connectivity index (χ1n) is 6.58. The molecular formula is C13H18ClN5O2. The van der Waals surface area contributed by atoms with E-state index < -0.39 is 0 Å². The van der Waals surface area contributed by atoms with Crippen molar-refractivity contribution in [2.24, 2.45) is 0 Å². The molecule has 0 aromatic carbocycles. The number of hydrogen-bond donors (Lipinski definition) is 1. The number of rotatable bonds is 6. The summed E-state index contributed by atoms with van der Waals surface area (Å²) in [4.78, 5) is 12.1. The number of hydrogen-bond acceptors (Lipinski definition) is 5. The van der Waals surface area contributed by atoms with Gasteiger partial charge in [-0.05, 0) is 13.8 Å². The summed E-state index contributed by atoms with van der Waals surface area (Å²) in [6, 6.07) is 0.260. The first-order valence-corrected chi connectivity index (χ1v) is 6.96. The highest BCUT2D eigenvalue weighted by Gasteiger charge is 2.10. The standard InChI is InChI=1S/C13H18ClN5O2/c1-9(2)19-8-10(6-15-19)17-11-7-16-18(4-5-21-3)13(20)12(11)14/h6-9,17H,4-5H2,1-3H3. The maximum absolute atomic E-state index is 12.1. The van der Waals surface area contributed by atoms with E-state index in [1.54, 1.807) is 13.3 Å². The van der Waals surface area contributed by atoms with Crippen molar-refractivity contribution >= 4 is 23.0 Å². The van der Waals surface area contributed by atoms with Gasteiger partial charge in [-0.15, -0.1) is 0 Å². The molecule has 7 nitrogen and oxygen atoms in total. The predicted octanol–water partition coefficient (Wildman–Crippen LogP) is 2.06. The van der Waals surface area contributed by atoms with Crippen LogP contribution in [0.1, 0.15) is 19.9 Å². The second-order valence-corrected chi connectivity index (χ2v) is 5.20. The number of nitrogens with zero attached hydrogens (tertiary/aromatic N) is 4. The Hall–Kier alpha value is -1.86. The van der Waals surface area contributed by atoms with Gasteiger partial charge in [0.1, 0.15) is 5.02 Å². The summed E-state index contributed by atoms with van der Waals surface area (Å²) in [6.45, 7) is 4.82. The average molecular weight is 312 g/mol. The van der Waals surface area contributed by atoms with Gasteiger partial charge in [-0.25, -0.2) is 4.68 Å². The third kappa shape index (κ3) is 3.62. The van der Waals surface area contributed by atoms with Crippen molar-refractivity contribution in [2.45, 2.75) is 26.4 Å². The van der Waals surface area contributed by atoms with Crippen LogP contribution in [0.2, 0.25) is 5.02 Å². The molecule has 0 fully saturated rings. The van der Waals surface area contributed by atoms with Crippen molar-refractivity contribution in [2.75, 3.05) is 19.0 Å². The van der Waals surface area contributed by atoms with Crippen molar-refractivity contribution in [3.63, 3.8) is 0 Å². The van der Waals surface area contributed by atoms with Crippen molar-refractivity contribution < 1.29 is 4.74 Å². The molecule has 2 heterocycles. The van der Waals surface area contributed by atoms with Gasteiger partial charge in [0, 0.05) is 19.3 Å². The van der Waals surface area contributed by atoms with Crippen LogP contribution in [0.25, 0.3) is 0 Å². The smallest absolute Gasteiger partial charge is 0.287 e. The molecule has 0 atom stereocenters. The van der Waals surface area contributed by atoms with E-state index in [2.05, 4.69) is 15.5 Å². The molecule has 2 aromatic rings. The van der Waals surface area contributed by atoms with Crippen molar-refractivity contribution in [3.05, 3.63) is 34.0 Å². The fourth-order valence-electron chi connectivity index (χ4n) is 1.73. The molecule has 0 radical (unpaired) electrons. The van der Waals surface area contributed by atoms with Crippen molar-refractivity contribution in [3.8, 4) is 0 Å². The van der Waals surface area contributed by atoms with Gasteiger partial charge in [0.2, 0.25) is 0 Å². The van der Waals surface area contributed by atoms with Gasteiger partial charge in [-0.3, -0.25) is 9.48 Å². The number of halogens is 1. The van der Waals surface area contributed by atoms with E-state index in [0.29, 0.717) is 18.8 Å². The lowest BCUT2D eigenvalue weighted by molar-refractivity contribution is 0.182. The first-order chi connectivity index (χ1) is 10.0. The lowest BCUT2D eigenvalue weighted by Gasteiger charge is -2.09. The van der Waals surface area contributed by atoms with Crippen LogP contribution < -0.4 is 10.9 Å². The highest BCUT2D eigenvalue weighted by atomic mass is 35.5. The van der Waals surface area contributed by atoms with Crippen LogP contribution in [-0.4, -0.2) is 33.3 Å². The molecule has 2 rings (SSSR count). The molecule has 0 amide bonds. The zero-order chi connectivity index (χ0) is 15.4. The summed E-state index contributed by atoms with van der Waals surface area (Å²) in [6.07, 6.45) is 5.04.